The fraction of sp³-hybridized carbons (Fsp3) is 0.273. The molecular weight excluding hydrogens is 504 g/mol. The summed E-state index contributed by atoms with van der Waals surface area (Å²) in [7, 11) is 0. The first-order chi connectivity index (χ1) is 19.3. The van der Waals surface area contributed by atoms with Gasteiger partial charge in [0.2, 0.25) is 5.43 Å². The number of hydrogen-bond acceptors (Lipinski definition) is 4. The minimum Gasteiger partial charge on any atom is -0.477 e. The lowest BCUT2D eigenvalue weighted by Crippen LogP contribution is -2.39. The average Bonchev–Trinajstić information content (AvgIpc) is 2.98. The van der Waals surface area contributed by atoms with E-state index in [2.05, 4.69) is 5.32 Å². The van der Waals surface area contributed by atoms with E-state index in [4.69, 9.17) is 0 Å². The predicted octanol–water partition coefficient (Wildman–Crippen LogP) is 5.80. The van der Waals surface area contributed by atoms with E-state index in [9.17, 15) is 24.3 Å². The molecule has 1 atom stereocenters. The summed E-state index contributed by atoms with van der Waals surface area (Å²) in [5.74, 6) is -1.82. The zero-order chi connectivity index (χ0) is 28.2. The Bertz CT molecular complexity index is 1620. The molecule has 0 spiro atoms. The number of fused-ring (bicyclic) bond motifs is 1. The van der Waals surface area contributed by atoms with Crippen LogP contribution in [-0.4, -0.2) is 33.4 Å². The topological polar surface area (TPSA) is 105 Å². The summed E-state index contributed by atoms with van der Waals surface area (Å²) in [5.41, 5.74) is 2.96. The molecule has 204 valence electrons. The first kappa shape index (κ1) is 27.1. The van der Waals surface area contributed by atoms with Crippen molar-refractivity contribution in [2.24, 2.45) is 0 Å². The number of benzene rings is 3. The van der Waals surface area contributed by atoms with Crippen molar-refractivity contribution in [3.8, 4) is 11.1 Å². The van der Waals surface area contributed by atoms with Gasteiger partial charge in [-0.15, -0.1) is 0 Å². The number of nitrogens with one attached hydrogen (secondary N) is 1. The van der Waals surface area contributed by atoms with Crippen molar-refractivity contribution in [1.29, 1.82) is 0 Å². The highest BCUT2D eigenvalue weighted by Gasteiger charge is 2.22. The third-order valence-corrected chi connectivity index (χ3v) is 7.76. The highest BCUT2D eigenvalue weighted by molar-refractivity contribution is 5.99. The van der Waals surface area contributed by atoms with E-state index in [0.29, 0.717) is 22.0 Å². The Morgan fingerprint density at radius 2 is 1.60 bits per heavy atom. The van der Waals surface area contributed by atoms with Gasteiger partial charge in [0.05, 0.1) is 11.6 Å². The summed E-state index contributed by atoms with van der Waals surface area (Å²) in [6.45, 7) is 1.64. The minimum absolute atomic E-state index is 0.00446. The maximum Gasteiger partial charge on any atom is 0.341 e. The number of carbonyl (C=O) groups excluding carboxylic acids is 2. The molecule has 1 heterocycles. The van der Waals surface area contributed by atoms with Crippen LogP contribution >= 0.6 is 0 Å². The Labute approximate surface area is 232 Å². The van der Waals surface area contributed by atoms with Gasteiger partial charge in [0.15, 0.2) is 5.78 Å². The molecule has 5 rings (SSSR count). The van der Waals surface area contributed by atoms with Crippen molar-refractivity contribution in [3.63, 3.8) is 0 Å². The Balaban J connectivity index is 1.32. The second-order valence-corrected chi connectivity index (χ2v) is 10.5. The molecule has 0 saturated heterocycles. The highest BCUT2D eigenvalue weighted by Crippen LogP contribution is 2.31. The van der Waals surface area contributed by atoms with Crippen molar-refractivity contribution < 1.29 is 19.5 Å². The Morgan fingerprint density at radius 1 is 0.925 bits per heavy atom. The lowest BCUT2D eigenvalue weighted by molar-refractivity contribution is -0.119. The smallest absolute Gasteiger partial charge is 0.341 e. The largest absolute Gasteiger partial charge is 0.477 e. The normalized spacial score (nSPS) is 14.5. The molecule has 1 aliphatic carbocycles. The fourth-order valence-electron chi connectivity index (χ4n) is 5.49. The summed E-state index contributed by atoms with van der Waals surface area (Å²) < 4.78 is 1.93. The van der Waals surface area contributed by atoms with Gasteiger partial charge in [-0.25, -0.2) is 4.79 Å². The zero-order valence-electron chi connectivity index (χ0n) is 22.4. The first-order valence-electron chi connectivity index (χ1n) is 13.7. The van der Waals surface area contributed by atoms with Crippen molar-refractivity contribution in [2.75, 3.05) is 0 Å². The van der Waals surface area contributed by atoms with Gasteiger partial charge in [-0.05, 0) is 60.7 Å². The van der Waals surface area contributed by atoms with E-state index < -0.39 is 17.4 Å². The number of carboxylic acid groups (broad SMARTS) is 1. The number of pyridine rings is 1. The summed E-state index contributed by atoms with van der Waals surface area (Å²) in [4.78, 5) is 50.8. The van der Waals surface area contributed by atoms with Crippen LogP contribution in [0.1, 0.15) is 71.3 Å². The number of nitrogens with zero attached hydrogens (tertiary/aromatic N) is 1. The van der Waals surface area contributed by atoms with Crippen LogP contribution in [0.25, 0.3) is 22.0 Å². The predicted molar refractivity (Wildman–Crippen MR) is 155 cm³/mol. The maximum absolute atomic E-state index is 13.1. The number of aromatic nitrogens is 1. The highest BCUT2D eigenvalue weighted by atomic mass is 16.4. The van der Waals surface area contributed by atoms with Gasteiger partial charge >= 0.3 is 5.97 Å². The van der Waals surface area contributed by atoms with Crippen LogP contribution < -0.4 is 10.7 Å². The SMILES string of the molecule is C[C@H](NC(=O)c1ccc(-c2ccccc2)cc1)C(=O)Cc1ccc2c(c1)c(=O)c(C(=O)O)cn2C1CCCCC1. The van der Waals surface area contributed by atoms with Crippen LogP contribution in [0.5, 0.6) is 0 Å². The molecule has 0 radical (unpaired) electrons. The first-order valence-corrected chi connectivity index (χ1v) is 13.7. The Morgan fingerprint density at radius 3 is 2.27 bits per heavy atom. The van der Waals surface area contributed by atoms with Gasteiger partial charge in [0.1, 0.15) is 5.56 Å². The number of aromatic carboxylic acids is 1. The summed E-state index contributed by atoms with van der Waals surface area (Å²) in [6, 6.07) is 21.7. The molecule has 7 heteroatoms. The van der Waals surface area contributed by atoms with Crippen LogP contribution in [0, 0.1) is 0 Å². The van der Waals surface area contributed by atoms with Gasteiger partial charge < -0.3 is 15.0 Å². The van der Waals surface area contributed by atoms with Gasteiger partial charge in [0.25, 0.3) is 5.91 Å². The van der Waals surface area contributed by atoms with E-state index in [1.165, 1.54) is 6.20 Å². The number of ketones is 1. The number of carboxylic acids is 1. The van der Waals surface area contributed by atoms with E-state index in [-0.39, 0.29) is 29.7 Å². The number of Topliss-reactive ketones (excluding diaryl/α,β-unsaturated/α-hetero) is 1. The molecule has 1 fully saturated rings. The molecule has 1 saturated carbocycles. The van der Waals surface area contributed by atoms with Crippen LogP contribution in [0.2, 0.25) is 0 Å². The van der Waals surface area contributed by atoms with Gasteiger partial charge in [-0.2, -0.15) is 0 Å². The van der Waals surface area contributed by atoms with Crippen molar-refractivity contribution in [3.05, 3.63) is 106 Å². The van der Waals surface area contributed by atoms with Crippen molar-refractivity contribution in [2.45, 2.75) is 57.5 Å². The molecule has 1 aliphatic rings. The lowest BCUT2D eigenvalue weighted by Gasteiger charge is -2.26. The zero-order valence-corrected chi connectivity index (χ0v) is 22.4. The summed E-state index contributed by atoms with van der Waals surface area (Å²) in [5, 5.41) is 12.7. The van der Waals surface area contributed by atoms with Crippen molar-refractivity contribution >= 4 is 28.6 Å². The van der Waals surface area contributed by atoms with Crippen LogP contribution in [-0.2, 0) is 11.2 Å². The molecule has 40 heavy (non-hydrogen) atoms. The molecule has 1 aromatic heterocycles. The Kier molecular flexibility index (Phi) is 7.91. The van der Waals surface area contributed by atoms with Crippen LogP contribution in [0.4, 0.5) is 0 Å². The van der Waals surface area contributed by atoms with E-state index >= 15 is 0 Å². The molecule has 2 N–H and O–H groups in total. The van der Waals surface area contributed by atoms with Gasteiger partial charge in [-0.3, -0.25) is 14.4 Å². The molecule has 3 aromatic carbocycles. The van der Waals surface area contributed by atoms with Gasteiger partial charge in [0, 0.05) is 29.6 Å². The number of amides is 1. The molecule has 1 amide bonds. The molecule has 4 aromatic rings. The summed E-state index contributed by atoms with van der Waals surface area (Å²) >= 11 is 0. The molecular formula is C33H32N2O5. The molecule has 0 unspecified atom stereocenters. The van der Waals surface area contributed by atoms with Gasteiger partial charge in [-0.1, -0.05) is 67.8 Å². The average molecular weight is 537 g/mol. The Hall–Kier alpha value is -4.52. The fourth-order valence-corrected chi connectivity index (χ4v) is 5.49. The quantitative estimate of drug-likeness (QED) is 0.296. The standard InChI is InChI=1S/C33H32N2O5/c1-21(34-32(38)25-15-13-24(14-16-25)23-8-4-2-5-9-23)30(36)19-22-12-17-29-27(18-22)31(37)28(33(39)40)20-35(29)26-10-6-3-7-11-26/h2,4-5,8-9,12-18,20-21,26H,3,6-7,10-11,19H2,1H3,(H,34,38)(H,39,40)/t21-/m0/s1. The number of carbonyl (C=O) groups is 3. The lowest BCUT2D eigenvalue weighted by atomic mass is 9.94. The van der Waals surface area contributed by atoms with E-state index in [1.54, 1.807) is 37.3 Å². The molecule has 0 bridgehead atoms. The summed E-state index contributed by atoms with van der Waals surface area (Å²) in [6.07, 6.45) is 6.62. The molecule has 0 aliphatic heterocycles. The minimum atomic E-state index is -1.26. The number of hydrogen-bond donors (Lipinski definition) is 2. The monoisotopic (exact) mass is 536 g/mol. The van der Waals surface area contributed by atoms with E-state index in [0.717, 1.165) is 43.2 Å². The maximum atomic E-state index is 13.1. The van der Waals surface area contributed by atoms with Crippen LogP contribution in [0.3, 0.4) is 0 Å². The van der Waals surface area contributed by atoms with Crippen molar-refractivity contribution in [1.82, 2.24) is 9.88 Å². The van der Waals surface area contributed by atoms with Crippen LogP contribution in [0.15, 0.2) is 83.8 Å². The second-order valence-electron chi connectivity index (χ2n) is 10.5. The third-order valence-electron chi connectivity index (χ3n) is 7.76. The second kappa shape index (κ2) is 11.7. The van der Waals surface area contributed by atoms with E-state index in [1.807, 2.05) is 47.0 Å². The number of rotatable bonds is 8. The third kappa shape index (κ3) is 5.73. The molecule has 7 nitrogen and oxygen atoms in total.